The Morgan fingerprint density at radius 1 is 1.14 bits per heavy atom. The van der Waals surface area contributed by atoms with Crippen LogP contribution in [0.1, 0.15) is 50.5 Å². The first-order chi connectivity index (χ1) is 10.3. The first kappa shape index (κ1) is 14.6. The van der Waals surface area contributed by atoms with E-state index < -0.39 is 0 Å². The quantitative estimate of drug-likeness (QED) is 0.871. The minimum atomic E-state index is 0.341. The normalized spacial score (nSPS) is 22.0. The average Bonchev–Trinajstić information content (AvgIpc) is 3.37. The third-order valence-corrected chi connectivity index (χ3v) is 4.62. The molecule has 3 nitrogen and oxygen atoms in total. The zero-order valence-corrected chi connectivity index (χ0v) is 12.8. The lowest BCUT2D eigenvalue weighted by Crippen LogP contribution is -2.37. The maximum absolute atomic E-state index is 12.6. The topological polar surface area (TPSA) is 32.3 Å². The SMILES string of the molecule is O=C(CCC1CCCCN1)N(Cc1ccccc1)C1CC1. The molecule has 1 aliphatic heterocycles. The summed E-state index contributed by atoms with van der Waals surface area (Å²) in [6.45, 7) is 1.90. The van der Waals surface area contributed by atoms with Gasteiger partial charge in [0.05, 0.1) is 0 Å². The maximum Gasteiger partial charge on any atom is 0.223 e. The molecule has 1 unspecified atom stereocenters. The van der Waals surface area contributed by atoms with Crippen LogP contribution in [0.15, 0.2) is 30.3 Å². The van der Waals surface area contributed by atoms with Crippen LogP contribution in [0.2, 0.25) is 0 Å². The zero-order chi connectivity index (χ0) is 14.5. The third kappa shape index (κ3) is 4.31. The van der Waals surface area contributed by atoms with E-state index in [4.69, 9.17) is 0 Å². The number of carbonyl (C=O) groups is 1. The van der Waals surface area contributed by atoms with Gasteiger partial charge in [-0.3, -0.25) is 4.79 Å². The van der Waals surface area contributed by atoms with E-state index in [2.05, 4.69) is 34.5 Å². The second-order valence-corrected chi connectivity index (χ2v) is 6.42. The molecule has 114 valence electrons. The summed E-state index contributed by atoms with van der Waals surface area (Å²) < 4.78 is 0. The lowest BCUT2D eigenvalue weighted by molar-refractivity contribution is -0.132. The summed E-state index contributed by atoms with van der Waals surface area (Å²) in [6, 6.07) is 11.4. The highest BCUT2D eigenvalue weighted by Crippen LogP contribution is 2.29. The summed E-state index contributed by atoms with van der Waals surface area (Å²) in [5.41, 5.74) is 1.24. The Labute approximate surface area is 127 Å². The van der Waals surface area contributed by atoms with Gasteiger partial charge in [-0.1, -0.05) is 36.8 Å². The molecule has 1 atom stereocenters. The van der Waals surface area contributed by atoms with Crippen LogP contribution in [-0.2, 0) is 11.3 Å². The van der Waals surface area contributed by atoms with Crippen LogP contribution in [0.3, 0.4) is 0 Å². The zero-order valence-electron chi connectivity index (χ0n) is 12.8. The number of piperidine rings is 1. The Kier molecular flexibility index (Phi) is 4.91. The first-order valence-corrected chi connectivity index (χ1v) is 8.40. The highest BCUT2D eigenvalue weighted by Gasteiger charge is 2.32. The summed E-state index contributed by atoms with van der Waals surface area (Å²) in [7, 11) is 0. The number of amides is 1. The molecular weight excluding hydrogens is 260 g/mol. The van der Waals surface area contributed by atoms with Gasteiger partial charge >= 0.3 is 0 Å². The minimum absolute atomic E-state index is 0.341. The molecule has 0 radical (unpaired) electrons. The molecule has 0 aromatic heterocycles. The fourth-order valence-electron chi connectivity index (χ4n) is 3.20. The van der Waals surface area contributed by atoms with Gasteiger partial charge in [0.2, 0.25) is 5.91 Å². The predicted octanol–water partition coefficient (Wildman–Crippen LogP) is 3.10. The van der Waals surface area contributed by atoms with Gasteiger partial charge in [-0.05, 0) is 44.2 Å². The van der Waals surface area contributed by atoms with Gasteiger partial charge in [-0.15, -0.1) is 0 Å². The van der Waals surface area contributed by atoms with E-state index in [9.17, 15) is 4.79 Å². The summed E-state index contributed by atoms with van der Waals surface area (Å²) in [4.78, 5) is 14.7. The highest BCUT2D eigenvalue weighted by atomic mass is 16.2. The molecule has 2 aliphatic rings. The van der Waals surface area contributed by atoms with E-state index in [1.807, 2.05) is 6.07 Å². The molecule has 1 aliphatic carbocycles. The Morgan fingerprint density at radius 2 is 1.95 bits per heavy atom. The summed E-state index contributed by atoms with van der Waals surface area (Å²) >= 11 is 0. The van der Waals surface area contributed by atoms with Crippen LogP contribution in [-0.4, -0.2) is 29.4 Å². The van der Waals surface area contributed by atoms with Crippen LogP contribution >= 0.6 is 0 Å². The molecule has 1 N–H and O–H groups in total. The fourth-order valence-corrected chi connectivity index (χ4v) is 3.20. The fraction of sp³-hybridized carbons (Fsp3) is 0.611. The van der Waals surface area contributed by atoms with Gasteiger partial charge in [0.1, 0.15) is 0 Å². The van der Waals surface area contributed by atoms with E-state index in [1.54, 1.807) is 0 Å². The number of hydrogen-bond donors (Lipinski definition) is 1. The van der Waals surface area contributed by atoms with E-state index in [0.717, 1.165) is 19.5 Å². The van der Waals surface area contributed by atoms with Crippen molar-refractivity contribution < 1.29 is 4.79 Å². The lowest BCUT2D eigenvalue weighted by Gasteiger charge is -2.26. The van der Waals surface area contributed by atoms with E-state index in [0.29, 0.717) is 24.4 Å². The number of hydrogen-bond acceptors (Lipinski definition) is 2. The van der Waals surface area contributed by atoms with Crippen molar-refractivity contribution in [1.29, 1.82) is 0 Å². The molecule has 1 saturated carbocycles. The molecule has 0 bridgehead atoms. The van der Waals surface area contributed by atoms with Crippen molar-refractivity contribution in [1.82, 2.24) is 10.2 Å². The van der Waals surface area contributed by atoms with E-state index in [-0.39, 0.29) is 0 Å². The Balaban J connectivity index is 1.52. The van der Waals surface area contributed by atoms with Crippen LogP contribution in [0.5, 0.6) is 0 Å². The van der Waals surface area contributed by atoms with Crippen molar-refractivity contribution in [2.45, 2.75) is 63.6 Å². The molecule has 21 heavy (non-hydrogen) atoms. The molecule has 0 spiro atoms. The largest absolute Gasteiger partial charge is 0.335 e. The van der Waals surface area contributed by atoms with Gasteiger partial charge in [-0.2, -0.15) is 0 Å². The van der Waals surface area contributed by atoms with Crippen molar-refractivity contribution in [3.05, 3.63) is 35.9 Å². The third-order valence-electron chi connectivity index (χ3n) is 4.62. The number of benzene rings is 1. The Morgan fingerprint density at radius 3 is 2.62 bits per heavy atom. The summed E-state index contributed by atoms with van der Waals surface area (Å²) in [5, 5.41) is 3.54. The molecule has 3 heteroatoms. The Hall–Kier alpha value is -1.35. The first-order valence-electron chi connectivity index (χ1n) is 8.40. The van der Waals surface area contributed by atoms with Gasteiger partial charge in [0, 0.05) is 25.0 Å². The lowest BCUT2D eigenvalue weighted by atomic mass is 10.00. The van der Waals surface area contributed by atoms with Crippen LogP contribution < -0.4 is 5.32 Å². The number of carbonyl (C=O) groups excluding carboxylic acids is 1. The highest BCUT2D eigenvalue weighted by molar-refractivity contribution is 5.77. The second kappa shape index (κ2) is 7.08. The molecule has 1 heterocycles. The Bertz CT molecular complexity index is 450. The van der Waals surface area contributed by atoms with Crippen molar-refractivity contribution in [3.8, 4) is 0 Å². The van der Waals surface area contributed by atoms with Crippen molar-refractivity contribution in [3.63, 3.8) is 0 Å². The molecule has 1 amide bonds. The molecule has 3 rings (SSSR count). The van der Waals surface area contributed by atoms with Gasteiger partial charge < -0.3 is 10.2 Å². The molecule has 2 fully saturated rings. The summed E-state index contributed by atoms with van der Waals surface area (Å²) in [6.07, 6.45) is 7.88. The maximum atomic E-state index is 12.6. The van der Waals surface area contributed by atoms with E-state index in [1.165, 1.54) is 37.7 Å². The standard InChI is InChI=1S/C18H26N2O/c21-18(12-9-16-8-4-5-13-19-16)20(17-10-11-17)14-15-6-2-1-3-7-15/h1-3,6-7,16-17,19H,4-5,8-14H2. The van der Waals surface area contributed by atoms with Gasteiger partial charge in [0.25, 0.3) is 0 Å². The summed E-state index contributed by atoms with van der Waals surface area (Å²) in [5.74, 6) is 0.341. The number of nitrogens with one attached hydrogen (secondary N) is 1. The number of nitrogens with zero attached hydrogens (tertiary/aromatic N) is 1. The predicted molar refractivity (Wildman–Crippen MR) is 84.9 cm³/mol. The minimum Gasteiger partial charge on any atom is -0.335 e. The molecule has 1 saturated heterocycles. The van der Waals surface area contributed by atoms with Crippen molar-refractivity contribution in [2.24, 2.45) is 0 Å². The average molecular weight is 286 g/mol. The van der Waals surface area contributed by atoms with Crippen molar-refractivity contribution >= 4 is 5.91 Å². The van der Waals surface area contributed by atoms with Crippen molar-refractivity contribution in [2.75, 3.05) is 6.54 Å². The van der Waals surface area contributed by atoms with Gasteiger partial charge in [-0.25, -0.2) is 0 Å². The number of rotatable bonds is 6. The molecular formula is C18H26N2O. The van der Waals surface area contributed by atoms with E-state index >= 15 is 0 Å². The van der Waals surface area contributed by atoms with Crippen LogP contribution in [0.25, 0.3) is 0 Å². The smallest absolute Gasteiger partial charge is 0.223 e. The molecule has 1 aromatic carbocycles. The van der Waals surface area contributed by atoms with Crippen LogP contribution in [0.4, 0.5) is 0 Å². The second-order valence-electron chi connectivity index (χ2n) is 6.42. The monoisotopic (exact) mass is 286 g/mol. The van der Waals surface area contributed by atoms with Crippen LogP contribution in [0, 0.1) is 0 Å². The van der Waals surface area contributed by atoms with Gasteiger partial charge in [0.15, 0.2) is 0 Å². The molecule has 1 aromatic rings.